The number of carbonyl (C=O) groups is 1. The highest BCUT2D eigenvalue weighted by Crippen LogP contribution is 2.28. The normalized spacial score (nSPS) is 11.5. The smallest absolute Gasteiger partial charge is 0.326 e. The molecule has 1 aromatic heterocycles. The standard InChI is InChI=1S/C15H16BrClN2O2/c1-15(2,3)21-12(20)8-19-9-18-13(14(19)16)10-4-6-11(17)7-5-10/h4-7,9H,8H2,1-3H3. The highest BCUT2D eigenvalue weighted by molar-refractivity contribution is 9.10. The van der Waals surface area contributed by atoms with Crippen molar-refractivity contribution in [3.8, 4) is 11.3 Å². The fourth-order valence-electron chi connectivity index (χ4n) is 1.79. The minimum atomic E-state index is -0.497. The molecule has 21 heavy (non-hydrogen) atoms. The highest BCUT2D eigenvalue weighted by atomic mass is 79.9. The van der Waals surface area contributed by atoms with Crippen molar-refractivity contribution in [1.82, 2.24) is 9.55 Å². The van der Waals surface area contributed by atoms with E-state index in [1.807, 2.05) is 32.9 Å². The molecule has 1 aromatic carbocycles. The van der Waals surface area contributed by atoms with Crippen LogP contribution in [0.4, 0.5) is 0 Å². The van der Waals surface area contributed by atoms with Crippen molar-refractivity contribution in [3.63, 3.8) is 0 Å². The van der Waals surface area contributed by atoms with E-state index in [-0.39, 0.29) is 12.5 Å². The van der Waals surface area contributed by atoms with E-state index in [1.165, 1.54) is 0 Å². The summed E-state index contributed by atoms with van der Waals surface area (Å²) in [4.78, 5) is 16.2. The summed E-state index contributed by atoms with van der Waals surface area (Å²) in [7, 11) is 0. The summed E-state index contributed by atoms with van der Waals surface area (Å²) >= 11 is 9.35. The summed E-state index contributed by atoms with van der Waals surface area (Å²) in [6.07, 6.45) is 1.61. The Morgan fingerprint density at radius 1 is 1.33 bits per heavy atom. The van der Waals surface area contributed by atoms with E-state index in [2.05, 4.69) is 20.9 Å². The van der Waals surface area contributed by atoms with Crippen LogP contribution in [-0.4, -0.2) is 21.1 Å². The zero-order chi connectivity index (χ0) is 15.6. The van der Waals surface area contributed by atoms with Gasteiger partial charge < -0.3 is 9.30 Å². The average molecular weight is 372 g/mol. The Bertz CT molecular complexity index is 645. The van der Waals surface area contributed by atoms with Crippen molar-refractivity contribution in [3.05, 3.63) is 40.2 Å². The molecular weight excluding hydrogens is 356 g/mol. The third kappa shape index (κ3) is 4.32. The van der Waals surface area contributed by atoms with Gasteiger partial charge in [0, 0.05) is 10.6 Å². The molecule has 0 bridgehead atoms. The van der Waals surface area contributed by atoms with Crippen LogP contribution in [0.2, 0.25) is 5.02 Å². The first kappa shape index (κ1) is 16.0. The molecule has 0 atom stereocenters. The van der Waals surface area contributed by atoms with Gasteiger partial charge >= 0.3 is 5.97 Å². The van der Waals surface area contributed by atoms with Gasteiger partial charge in [-0.2, -0.15) is 0 Å². The minimum Gasteiger partial charge on any atom is -0.459 e. The largest absolute Gasteiger partial charge is 0.459 e. The van der Waals surface area contributed by atoms with Crippen LogP contribution < -0.4 is 0 Å². The fraction of sp³-hybridized carbons (Fsp3) is 0.333. The van der Waals surface area contributed by atoms with Crippen molar-refractivity contribution in [2.45, 2.75) is 32.9 Å². The second-order valence-corrected chi connectivity index (χ2v) is 6.79. The minimum absolute atomic E-state index is 0.110. The topological polar surface area (TPSA) is 44.1 Å². The first-order valence-electron chi connectivity index (χ1n) is 6.45. The highest BCUT2D eigenvalue weighted by Gasteiger charge is 2.18. The van der Waals surface area contributed by atoms with Gasteiger partial charge in [-0.1, -0.05) is 23.7 Å². The van der Waals surface area contributed by atoms with Gasteiger partial charge in [0.25, 0.3) is 0 Å². The Morgan fingerprint density at radius 2 is 1.95 bits per heavy atom. The Kier molecular flexibility index (Phi) is 4.74. The molecule has 0 saturated carbocycles. The molecule has 0 aliphatic carbocycles. The summed E-state index contributed by atoms with van der Waals surface area (Å²) in [5.74, 6) is -0.303. The number of aromatic nitrogens is 2. The van der Waals surface area contributed by atoms with Crippen LogP contribution in [0.25, 0.3) is 11.3 Å². The zero-order valence-corrected chi connectivity index (χ0v) is 14.4. The molecule has 0 N–H and O–H groups in total. The molecule has 0 aliphatic heterocycles. The van der Waals surface area contributed by atoms with E-state index in [0.717, 1.165) is 15.9 Å². The first-order chi connectivity index (χ1) is 9.76. The van der Waals surface area contributed by atoms with Gasteiger partial charge in [0.1, 0.15) is 22.4 Å². The lowest BCUT2D eigenvalue weighted by Gasteiger charge is -2.19. The van der Waals surface area contributed by atoms with Crippen LogP contribution in [0, 0.1) is 0 Å². The molecule has 1 heterocycles. The van der Waals surface area contributed by atoms with Gasteiger partial charge in [0.15, 0.2) is 0 Å². The molecule has 112 valence electrons. The predicted molar refractivity (Wildman–Crippen MR) is 86.2 cm³/mol. The summed E-state index contributed by atoms with van der Waals surface area (Å²) in [5, 5.41) is 0.670. The second kappa shape index (κ2) is 6.20. The molecule has 0 spiro atoms. The first-order valence-corrected chi connectivity index (χ1v) is 7.62. The number of benzene rings is 1. The molecular formula is C15H16BrClN2O2. The van der Waals surface area contributed by atoms with Gasteiger partial charge in [0.05, 0.1) is 6.33 Å². The number of imidazole rings is 1. The number of esters is 1. The molecule has 2 aromatic rings. The molecule has 0 amide bonds. The molecule has 0 aliphatic rings. The number of halogens is 2. The van der Waals surface area contributed by atoms with Crippen LogP contribution in [-0.2, 0) is 16.1 Å². The van der Waals surface area contributed by atoms with Crippen molar-refractivity contribution in [1.29, 1.82) is 0 Å². The number of hydrogen-bond donors (Lipinski definition) is 0. The van der Waals surface area contributed by atoms with Crippen LogP contribution in [0.5, 0.6) is 0 Å². The fourth-order valence-corrected chi connectivity index (χ4v) is 2.47. The summed E-state index contributed by atoms with van der Waals surface area (Å²) in [5.41, 5.74) is 1.19. The quantitative estimate of drug-likeness (QED) is 0.755. The predicted octanol–water partition coefficient (Wildman–Crippen LogP) is 4.31. The van der Waals surface area contributed by atoms with Crippen molar-refractivity contribution < 1.29 is 9.53 Å². The van der Waals surface area contributed by atoms with Crippen LogP contribution >= 0.6 is 27.5 Å². The number of carbonyl (C=O) groups excluding carboxylic acids is 1. The maximum Gasteiger partial charge on any atom is 0.326 e. The van der Waals surface area contributed by atoms with Gasteiger partial charge in [-0.25, -0.2) is 4.98 Å². The van der Waals surface area contributed by atoms with E-state index in [4.69, 9.17) is 16.3 Å². The number of nitrogens with zero attached hydrogens (tertiary/aromatic N) is 2. The number of rotatable bonds is 3. The third-order valence-corrected chi connectivity index (χ3v) is 3.69. The van der Waals surface area contributed by atoms with E-state index >= 15 is 0 Å². The number of hydrogen-bond acceptors (Lipinski definition) is 3. The molecule has 0 fully saturated rings. The van der Waals surface area contributed by atoms with Gasteiger partial charge in [0.2, 0.25) is 0 Å². The van der Waals surface area contributed by atoms with Crippen LogP contribution in [0.3, 0.4) is 0 Å². The van der Waals surface area contributed by atoms with Crippen LogP contribution in [0.1, 0.15) is 20.8 Å². The maximum atomic E-state index is 11.9. The van der Waals surface area contributed by atoms with Crippen molar-refractivity contribution >= 4 is 33.5 Å². The zero-order valence-electron chi connectivity index (χ0n) is 12.1. The van der Waals surface area contributed by atoms with E-state index < -0.39 is 5.60 Å². The SMILES string of the molecule is CC(C)(C)OC(=O)Cn1cnc(-c2ccc(Cl)cc2)c1Br. The third-order valence-electron chi connectivity index (χ3n) is 2.61. The Labute approximate surface area is 137 Å². The molecule has 0 unspecified atom stereocenters. The maximum absolute atomic E-state index is 11.9. The Balaban J connectivity index is 2.17. The monoisotopic (exact) mass is 370 g/mol. The average Bonchev–Trinajstić information content (AvgIpc) is 2.70. The molecule has 0 saturated heterocycles. The van der Waals surface area contributed by atoms with Crippen LogP contribution in [0.15, 0.2) is 35.2 Å². The van der Waals surface area contributed by atoms with Gasteiger partial charge in [-0.15, -0.1) is 0 Å². The lowest BCUT2D eigenvalue weighted by molar-refractivity contribution is -0.155. The molecule has 0 radical (unpaired) electrons. The summed E-state index contributed by atoms with van der Waals surface area (Å²) in [6.45, 7) is 5.63. The summed E-state index contributed by atoms with van der Waals surface area (Å²) < 4.78 is 7.74. The number of ether oxygens (including phenoxy) is 1. The lowest BCUT2D eigenvalue weighted by atomic mass is 10.2. The molecule has 6 heteroatoms. The Morgan fingerprint density at radius 3 is 2.52 bits per heavy atom. The van der Waals surface area contributed by atoms with E-state index in [1.54, 1.807) is 23.0 Å². The van der Waals surface area contributed by atoms with Gasteiger partial charge in [-0.05, 0) is 48.8 Å². The molecule has 2 rings (SSSR count). The molecule has 4 nitrogen and oxygen atoms in total. The van der Waals surface area contributed by atoms with Crippen molar-refractivity contribution in [2.75, 3.05) is 0 Å². The summed E-state index contributed by atoms with van der Waals surface area (Å²) in [6, 6.07) is 7.37. The van der Waals surface area contributed by atoms with E-state index in [0.29, 0.717) is 5.02 Å². The Hall–Kier alpha value is -1.33. The van der Waals surface area contributed by atoms with Gasteiger partial charge in [-0.3, -0.25) is 4.79 Å². The van der Waals surface area contributed by atoms with E-state index in [9.17, 15) is 4.79 Å². The van der Waals surface area contributed by atoms with Crippen molar-refractivity contribution in [2.24, 2.45) is 0 Å². The lowest BCUT2D eigenvalue weighted by Crippen LogP contribution is -2.26. The second-order valence-electron chi connectivity index (χ2n) is 5.61.